The van der Waals surface area contributed by atoms with Gasteiger partial charge in [-0.05, 0) is 59.7 Å². The van der Waals surface area contributed by atoms with E-state index >= 15 is 0 Å². The second-order valence-electron chi connectivity index (χ2n) is 7.57. The van der Waals surface area contributed by atoms with Gasteiger partial charge in [0.05, 0.1) is 30.6 Å². The molecule has 0 amide bonds. The third-order valence-electron chi connectivity index (χ3n) is 5.25. The predicted molar refractivity (Wildman–Crippen MR) is 132 cm³/mol. The van der Waals surface area contributed by atoms with Crippen LogP contribution in [0, 0.1) is 5.82 Å². The molecule has 9 heteroatoms. The molecule has 174 valence electrons. The van der Waals surface area contributed by atoms with Crippen molar-refractivity contribution in [2.75, 3.05) is 12.5 Å². The van der Waals surface area contributed by atoms with Gasteiger partial charge in [-0.2, -0.15) is 10.2 Å². The minimum Gasteiger partial charge on any atom is -0.497 e. The molecular formula is C26H21FN6O2. The van der Waals surface area contributed by atoms with Crippen LogP contribution in [0.4, 0.5) is 10.2 Å². The van der Waals surface area contributed by atoms with Crippen molar-refractivity contribution >= 4 is 23.1 Å². The van der Waals surface area contributed by atoms with Gasteiger partial charge >= 0.3 is 0 Å². The number of anilines is 1. The van der Waals surface area contributed by atoms with E-state index in [2.05, 4.69) is 25.6 Å². The highest BCUT2D eigenvalue weighted by Gasteiger charge is 2.11. The van der Waals surface area contributed by atoms with Crippen molar-refractivity contribution in [1.82, 2.24) is 19.7 Å². The summed E-state index contributed by atoms with van der Waals surface area (Å²) in [6, 6.07) is 21.3. The van der Waals surface area contributed by atoms with Crippen LogP contribution >= 0.6 is 0 Å². The number of benzene rings is 3. The Labute approximate surface area is 200 Å². The molecule has 0 atom stereocenters. The van der Waals surface area contributed by atoms with Crippen molar-refractivity contribution in [2.45, 2.75) is 6.61 Å². The predicted octanol–water partition coefficient (Wildman–Crippen LogP) is 4.99. The van der Waals surface area contributed by atoms with Crippen molar-refractivity contribution in [2.24, 2.45) is 5.10 Å². The number of hydrazone groups is 1. The van der Waals surface area contributed by atoms with Gasteiger partial charge in [0.15, 0.2) is 11.5 Å². The van der Waals surface area contributed by atoms with E-state index in [-0.39, 0.29) is 5.82 Å². The lowest BCUT2D eigenvalue weighted by atomic mass is 10.2. The fraction of sp³-hybridized carbons (Fsp3) is 0.0769. The molecule has 0 aliphatic heterocycles. The molecule has 0 spiro atoms. The molecule has 2 heterocycles. The van der Waals surface area contributed by atoms with Gasteiger partial charge in [-0.3, -0.25) is 5.43 Å². The van der Waals surface area contributed by atoms with E-state index in [1.165, 1.54) is 18.5 Å². The molecule has 5 rings (SSSR count). The summed E-state index contributed by atoms with van der Waals surface area (Å²) in [4.78, 5) is 8.67. The minimum atomic E-state index is -0.264. The van der Waals surface area contributed by atoms with Gasteiger partial charge in [0, 0.05) is 6.07 Å². The zero-order valence-corrected chi connectivity index (χ0v) is 18.8. The summed E-state index contributed by atoms with van der Waals surface area (Å²) in [6.45, 7) is 0.364. The SMILES string of the molecule is COc1cccc(-n2ncc3c(N/N=C/c4ccc(OCc5ccc(F)cc5)cc4)ncnc32)c1. The van der Waals surface area contributed by atoms with Crippen LogP contribution in [0.3, 0.4) is 0 Å². The summed E-state index contributed by atoms with van der Waals surface area (Å²) in [5.41, 5.74) is 6.22. The molecular weight excluding hydrogens is 447 g/mol. The first kappa shape index (κ1) is 22.0. The van der Waals surface area contributed by atoms with Crippen LogP contribution in [0.5, 0.6) is 11.5 Å². The topological polar surface area (TPSA) is 86.5 Å². The number of aromatic nitrogens is 4. The number of hydrogen-bond acceptors (Lipinski definition) is 7. The number of rotatable bonds is 8. The fourth-order valence-electron chi connectivity index (χ4n) is 3.43. The van der Waals surface area contributed by atoms with Crippen LogP contribution in [0.15, 0.2) is 90.4 Å². The lowest BCUT2D eigenvalue weighted by Gasteiger charge is -2.06. The number of ether oxygens (including phenoxy) is 2. The molecule has 0 bridgehead atoms. The summed E-state index contributed by atoms with van der Waals surface area (Å²) in [7, 11) is 1.62. The number of methoxy groups -OCH3 is 1. The molecule has 8 nitrogen and oxygen atoms in total. The Morgan fingerprint density at radius 1 is 1.00 bits per heavy atom. The smallest absolute Gasteiger partial charge is 0.168 e. The number of hydrogen-bond donors (Lipinski definition) is 1. The highest BCUT2D eigenvalue weighted by Crippen LogP contribution is 2.23. The Bertz CT molecular complexity index is 1470. The zero-order chi connectivity index (χ0) is 24.0. The molecule has 0 radical (unpaired) electrons. The van der Waals surface area contributed by atoms with Gasteiger partial charge in [-0.25, -0.2) is 19.0 Å². The number of halogens is 1. The van der Waals surface area contributed by atoms with Gasteiger partial charge in [0.1, 0.15) is 30.3 Å². The van der Waals surface area contributed by atoms with E-state index in [0.29, 0.717) is 23.8 Å². The van der Waals surface area contributed by atoms with Crippen LogP contribution in [0.2, 0.25) is 0 Å². The average molecular weight is 468 g/mol. The Balaban J connectivity index is 1.25. The van der Waals surface area contributed by atoms with E-state index in [9.17, 15) is 4.39 Å². The molecule has 0 aliphatic rings. The summed E-state index contributed by atoms with van der Waals surface area (Å²) in [6.07, 6.45) is 4.84. The molecule has 5 aromatic rings. The molecule has 2 aromatic heterocycles. The zero-order valence-electron chi connectivity index (χ0n) is 18.8. The molecule has 0 saturated carbocycles. The van der Waals surface area contributed by atoms with E-state index in [0.717, 1.165) is 28.0 Å². The molecule has 0 saturated heterocycles. The van der Waals surface area contributed by atoms with E-state index in [1.54, 1.807) is 36.3 Å². The normalized spacial score (nSPS) is 11.1. The number of nitrogens with zero attached hydrogens (tertiary/aromatic N) is 5. The average Bonchev–Trinajstić information content (AvgIpc) is 3.34. The van der Waals surface area contributed by atoms with E-state index in [1.807, 2.05) is 48.5 Å². The van der Waals surface area contributed by atoms with Gasteiger partial charge in [-0.15, -0.1) is 0 Å². The second kappa shape index (κ2) is 10.0. The molecule has 1 N–H and O–H groups in total. The summed E-state index contributed by atoms with van der Waals surface area (Å²) < 4.78 is 25.8. The second-order valence-corrected chi connectivity index (χ2v) is 7.57. The molecule has 3 aromatic carbocycles. The van der Waals surface area contributed by atoms with Gasteiger partial charge in [0.25, 0.3) is 0 Å². The molecule has 0 aliphatic carbocycles. The third-order valence-corrected chi connectivity index (χ3v) is 5.25. The maximum atomic E-state index is 13.0. The third kappa shape index (κ3) is 5.09. The van der Waals surface area contributed by atoms with Crippen LogP contribution in [0.25, 0.3) is 16.7 Å². The quantitative estimate of drug-likeness (QED) is 0.255. The van der Waals surface area contributed by atoms with Gasteiger partial charge in [0.2, 0.25) is 0 Å². The van der Waals surface area contributed by atoms with E-state index in [4.69, 9.17) is 9.47 Å². The first-order valence-corrected chi connectivity index (χ1v) is 10.8. The van der Waals surface area contributed by atoms with Crippen LogP contribution in [-0.4, -0.2) is 33.1 Å². The number of nitrogens with one attached hydrogen (secondary N) is 1. The molecule has 0 unspecified atom stereocenters. The highest BCUT2D eigenvalue weighted by atomic mass is 19.1. The minimum absolute atomic E-state index is 0.264. The molecule has 0 fully saturated rings. The molecule has 35 heavy (non-hydrogen) atoms. The van der Waals surface area contributed by atoms with Crippen molar-refractivity contribution in [1.29, 1.82) is 0 Å². The fourth-order valence-corrected chi connectivity index (χ4v) is 3.43. The lowest BCUT2D eigenvalue weighted by molar-refractivity contribution is 0.306. The van der Waals surface area contributed by atoms with Crippen molar-refractivity contribution < 1.29 is 13.9 Å². The standard InChI is InChI=1S/C26H21FN6O2/c1-34-23-4-2-3-21(13-23)33-26-24(15-31-33)25(28-17-29-26)32-30-14-18-7-11-22(12-8-18)35-16-19-5-9-20(27)10-6-19/h2-15,17H,16H2,1H3,(H,28,29,32)/b30-14+. The van der Waals surface area contributed by atoms with Crippen molar-refractivity contribution in [3.8, 4) is 17.2 Å². The lowest BCUT2D eigenvalue weighted by Crippen LogP contribution is -2.00. The first-order valence-electron chi connectivity index (χ1n) is 10.8. The summed E-state index contributed by atoms with van der Waals surface area (Å²) >= 11 is 0. The Morgan fingerprint density at radius 3 is 2.63 bits per heavy atom. The van der Waals surface area contributed by atoms with Gasteiger partial charge in [-0.1, -0.05) is 18.2 Å². The Kier molecular flexibility index (Phi) is 6.29. The van der Waals surface area contributed by atoms with E-state index < -0.39 is 0 Å². The van der Waals surface area contributed by atoms with Crippen LogP contribution < -0.4 is 14.9 Å². The Morgan fingerprint density at radius 2 is 1.83 bits per heavy atom. The van der Waals surface area contributed by atoms with Crippen molar-refractivity contribution in [3.63, 3.8) is 0 Å². The Hall–Kier alpha value is -4.79. The van der Waals surface area contributed by atoms with Crippen LogP contribution in [-0.2, 0) is 6.61 Å². The van der Waals surface area contributed by atoms with Gasteiger partial charge < -0.3 is 9.47 Å². The monoisotopic (exact) mass is 468 g/mol. The van der Waals surface area contributed by atoms with Crippen molar-refractivity contribution in [3.05, 3.63) is 102 Å². The number of fused-ring (bicyclic) bond motifs is 1. The maximum absolute atomic E-state index is 13.0. The maximum Gasteiger partial charge on any atom is 0.168 e. The summed E-state index contributed by atoms with van der Waals surface area (Å²) in [5.74, 6) is 1.72. The first-order chi connectivity index (χ1) is 17.2. The highest BCUT2D eigenvalue weighted by molar-refractivity contribution is 5.88. The summed E-state index contributed by atoms with van der Waals surface area (Å²) in [5, 5.41) is 9.49. The van der Waals surface area contributed by atoms with Crippen LogP contribution in [0.1, 0.15) is 11.1 Å². The largest absolute Gasteiger partial charge is 0.497 e.